The molecule has 2 heterocycles. The molecule has 1 aromatic heterocycles. The molecule has 1 aromatic carbocycles. The van der Waals surface area contributed by atoms with E-state index in [9.17, 15) is 22.4 Å². The fraction of sp³-hybridized carbons (Fsp3) is 0.444. The van der Waals surface area contributed by atoms with E-state index in [1.165, 1.54) is 13.0 Å². The van der Waals surface area contributed by atoms with Gasteiger partial charge in [0.05, 0.1) is 6.42 Å². The lowest BCUT2D eigenvalue weighted by molar-refractivity contribution is -0.106. The molecule has 28 heavy (non-hydrogen) atoms. The van der Waals surface area contributed by atoms with Crippen LogP contribution in [0.2, 0.25) is 0 Å². The van der Waals surface area contributed by atoms with Crippen LogP contribution in [0, 0.1) is 12.7 Å². The summed E-state index contributed by atoms with van der Waals surface area (Å²) < 4.78 is 63.3. The summed E-state index contributed by atoms with van der Waals surface area (Å²) in [7, 11) is 0. The van der Waals surface area contributed by atoms with Gasteiger partial charge in [-0.1, -0.05) is 6.07 Å². The number of aromatic nitrogens is 2. The predicted molar refractivity (Wildman–Crippen MR) is 91.5 cm³/mol. The minimum absolute atomic E-state index is 0.191. The Morgan fingerprint density at radius 1 is 1.25 bits per heavy atom. The van der Waals surface area contributed by atoms with Crippen molar-refractivity contribution in [2.75, 3.05) is 0 Å². The maximum Gasteiger partial charge on any atom is 0.284 e. The van der Waals surface area contributed by atoms with Gasteiger partial charge in [-0.25, -0.2) is 17.6 Å². The number of hydrogen-bond acceptors (Lipinski definition) is 6. The summed E-state index contributed by atoms with van der Waals surface area (Å²) in [4.78, 5) is 15.8. The number of nitrogens with zero attached hydrogens (tertiary/aromatic N) is 3. The lowest BCUT2D eigenvalue weighted by Gasteiger charge is -2.42. The van der Waals surface area contributed by atoms with Gasteiger partial charge < -0.3 is 10.2 Å². The third-order valence-electron chi connectivity index (χ3n) is 4.83. The molecule has 0 aliphatic carbocycles. The van der Waals surface area contributed by atoms with Crippen molar-refractivity contribution in [3.63, 3.8) is 0 Å². The largest absolute Gasteiger partial charge is 0.419 e. The zero-order chi connectivity index (χ0) is 20.9. The van der Waals surface area contributed by atoms with E-state index < -0.39 is 46.6 Å². The number of halogens is 4. The van der Waals surface area contributed by atoms with Crippen molar-refractivity contribution in [2.45, 2.75) is 50.7 Å². The Morgan fingerprint density at radius 3 is 2.54 bits per heavy atom. The second-order valence-corrected chi connectivity index (χ2v) is 7.19. The first-order chi connectivity index (χ1) is 12.9. The van der Waals surface area contributed by atoms with Crippen LogP contribution < -0.4 is 5.73 Å². The number of benzene rings is 1. The van der Waals surface area contributed by atoms with E-state index in [4.69, 9.17) is 10.2 Å². The Kier molecular flexibility index (Phi) is 4.55. The van der Waals surface area contributed by atoms with Crippen LogP contribution in [0.1, 0.15) is 48.0 Å². The Hall–Kier alpha value is -2.78. The van der Waals surface area contributed by atoms with Gasteiger partial charge >= 0.3 is 0 Å². The van der Waals surface area contributed by atoms with Crippen LogP contribution in [0.25, 0.3) is 0 Å². The topological polar surface area (TPSA) is 94.4 Å². The monoisotopic (exact) mass is 398 g/mol. The van der Waals surface area contributed by atoms with Crippen LogP contribution in [0.3, 0.4) is 0 Å². The molecular formula is C18H18F4N4O2. The third kappa shape index (κ3) is 3.27. The fourth-order valence-corrected chi connectivity index (χ4v) is 3.10. The van der Waals surface area contributed by atoms with Gasteiger partial charge in [-0.15, -0.1) is 10.2 Å². The molecule has 0 unspecified atom stereocenters. The highest BCUT2D eigenvalue weighted by atomic mass is 19.3. The summed E-state index contributed by atoms with van der Waals surface area (Å²) in [6, 6.07) is 3.33. The number of nitrogens with two attached hydrogens (primary N) is 1. The van der Waals surface area contributed by atoms with E-state index in [-0.39, 0.29) is 23.8 Å². The zero-order valence-electron chi connectivity index (χ0n) is 15.4. The van der Waals surface area contributed by atoms with E-state index in [0.29, 0.717) is 0 Å². The van der Waals surface area contributed by atoms with Crippen LogP contribution in [-0.2, 0) is 12.0 Å². The van der Waals surface area contributed by atoms with Gasteiger partial charge in [0.15, 0.2) is 11.2 Å². The number of ketones is 1. The molecular weight excluding hydrogens is 380 g/mol. The average Bonchev–Trinajstić information content (AvgIpc) is 3.01. The number of amidine groups is 1. The highest BCUT2D eigenvalue weighted by Crippen LogP contribution is 2.50. The molecule has 0 fully saturated rings. The molecule has 2 aromatic rings. The van der Waals surface area contributed by atoms with Crippen LogP contribution in [0.15, 0.2) is 27.6 Å². The third-order valence-corrected chi connectivity index (χ3v) is 4.83. The summed E-state index contributed by atoms with van der Waals surface area (Å²) in [6.07, 6.45) is -1.52. The molecule has 2 atom stereocenters. The molecule has 150 valence electrons. The van der Waals surface area contributed by atoms with Crippen molar-refractivity contribution in [1.82, 2.24) is 10.2 Å². The minimum atomic E-state index is -3.72. The number of Topliss-reactive ketones (excluding diaryl/α,β-unsaturated/α-hetero) is 1. The van der Waals surface area contributed by atoms with Crippen molar-refractivity contribution in [3.8, 4) is 0 Å². The van der Waals surface area contributed by atoms with Crippen LogP contribution >= 0.6 is 0 Å². The number of hydrogen-bond donors (Lipinski definition) is 1. The summed E-state index contributed by atoms with van der Waals surface area (Å²) in [6.45, 7) is 3.39. The van der Waals surface area contributed by atoms with Crippen molar-refractivity contribution in [3.05, 3.63) is 46.9 Å². The standard InChI is InChI=1S/C18H18F4N4O2/c1-9-25-26-14(28-9)13(27)7-10-4-5-12(19)11(6-10)17(3)18(21,22)8-16(2,20)15(23)24-17/h4-6H,7-8H2,1-3H3,(H2,23,24)/t16-,17+/m0/s1. The average molecular weight is 398 g/mol. The maximum atomic E-state index is 14.8. The van der Waals surface area contributed by atoms with Crippen molar-refractivity contribution < 1.29 is 26.8 Å². The van der Waals surface area contributed by atoms with Gasteiger partial charge in [0.2, 0.25) is 11.7 Å². The lowest BCUT2D eigenvalue weighted by atomic mass is 9.77. The van der Waals surface area contributed by atoms with Gasteiger partial charge in [-0.2, -0.15) is 0 Å². The van der Waals surface area contributed by atoms with Crippen molar-refractivity contribution in [1.29, 1.82) is 0 Å². The van der Waals surface area contributed by atoms with Crippen LogP contribution in [0.4, 0.5) is 17.6 Å². The molecule has 6 nitrogen and oxygen atoms in total. The first-order valence-electron chi connectivity index (χ1n) is 8.40. The van der Waals surface area contributed by atoms with E-state index in [0.717, 1.165) is 26.0 Å². The van der Waals surface area contributed by atoms with Gasteiger partial charge in [0, 0.05) is 18.9 Å². The first-order valence-corrected chi connectivity index (χ1v) is 8.40. The molecule has 10 heteroatoms. The zero-order valence-corrected chi connectivity index (χ0v) is 15.4. The smallest absolute Gasteiger partial charge is 0.284 e. The van der Waals surface area contributed by atoms with E-state index in [1.807, 2.05) is 0 Å². The highest BCUT2D eigenvalue weighted by Gasteiger charge is 2.60. The normalized spacial score (nSPS) is 26.8. The summed E-state index contributed by atoms with van der Waals surface area (Å²) in [5, 5.41) is 7.14. The SMILES string of the molecule is Cc1nnc(C(=O)Cc2ccc(F)c([C@@]3(C)N=C(N)[C@@](C)(F)CC3(F)F)c2)o1. The van der Waals surface area contributed by atoms with Crippen LogP contribution in [0.5, 0.6) is 0 Å². The van der Waals surface area contributed by atoms with Gasteiger partial charge in [0.25, 0.3) is 11.8 Å². The Morgan fingerprint density at radius 2 is 1.93 bits per heavy atom. The Bertz CT molecular complexity index is 970. The molecule has 0 radical (unpaired) electrons. The molecule has 0 saturated carbocycles. The fourth-order valence-electron chi connectivity index (χ4n) is 3.10. The van der Waals surface area contributed by atoms with Gasteiger partial charge in [-0.3, -0.25) is 9.79 Å². The number of rotatable bonds is 4. The number of carbonyl (C=O) groups is 1. The van der Waals surface area contributed by atoms with Crippen molar-refractivity contribution in [2.24, 2.45) is 10.7 Å². The van der Waals surface area contributed by atoms with Crippen molar-refractivity contribution >= 4 is 11.6 Å². The molecule has 2 N–H and O–H groups in total. The number of aryl methyl sites for hydroxylation is 1. The molecule has 3 rings (SSSR count). The second kappa shape index (κ2) is 6.39. The molecule has 0 saturated heterocycles. The minimum Gasteiger partial charge on any atom is -0.419 e. The molecule has 1 aliphatic heterocycles. The number of carbonyl (C=O) groups excluding carboxylic acids is 1. The summed E-state index contributed by atoms with van der Waals surface area (Å²) in [5.41, 5.74) is 0.346. The summed E-state index contributed by atoms with van der Waals surface area (Å²) >= 11 is 0. The second-order valence-electron chi connectivity index (χ2n) is 7.19. The molecule has 0 amide bonds. The maximum absolute atomic E-state index is 14.8. The van der Waals surface area contributed by atoms with E-state index >= 15 is 0 Å². The van der Waals surface area contributed by atoms with Gasteiger partial charge in [0.1, 0.15) is 11.7 Å². The quantitative estimate of drug-likeness (QED) is 0.630. The first kappa shape index (κ1) is 20.0. The summed E-state index contributed by atoms with van der Waals surface area (Å²) in [5.74, 6) is -5.93. The molecule has 1 aliphatic rings. The van der Waals surface area contributed by atoms with E-state index in [1.54, 1.807) is 0 Å². The predicted octanol–water partition coefficient (Wildman–Crippen LogP) is 3.28. The van der Waals surface area contributed by atoms with E-state index in [2.05, 4.69) is 15.2 Å². The molecule has 0 bridgehead atoms. The highest BCUT2D eigenvalue weighted by molar-refractivity contribution is 5.93. The lowest BCUT2D eigenvalue weighted by Crippen LogP contribution is -2.56. The number of alkyl halides is 3. The Balaban J connectivity index is 2.01. The van der Waals surface area contributed by atoms with Crippen LogP contribution in [-0.4, -0.2) is 33.4 Å². The Labute approximate surface area is 157 Å². The molecule has 0 spiro atoms. The van der Waals surface area contributed by atoms with Gasteiger partial charge in [-0.05, 0) is 31.5 Å². The number of aliphatic imine (C=N–C) groups is 1.